The Morgan fingerprint density at radius 3 is 2.31 bits per heavy atom. The summed E-state index contributed by atoms with van der Waals surface area (Å²) in [7, 11) is -1.64. The largest absolute Gasteiger partial charge is 0.520 e. The second-order valence-electron chi connectivity index (χ2n) is 4.94. The maximum Gasteiger partial charge on any atom is 0.292 e. The van der Waals surface area contributed by atoms with Gasteiger partial charge in [0, 0.05) is 6.42 Å². The Morgan fingerprint density at radius 2 is 1.85 bits per heavy atom. The van der Waals surface area contributed by atoms with Gasteiger partial charge in [-0.25, -0.2) is 0 Å². The summed E-state index contributed by atoms with van der Waals surface area (Å²) in [6.45, 7) is 6.17. The lowest BCUT2D eigenvalue weighted by Crippen LogP contribution is -2.29. The van der Waals surface area contributed by atoms with E-state index in [1.54, 1.807) is 0 Å². The van der Waals surface area contributed by atoms with E-state index in [4.69, 9.17) is 4.43 Å². The lowest BCUT2D eigenvalue weighted by atomic mass is 10.1. The molecule has 1 saturated carbocycles. The first-order valence-electron chi connectivity index (χ1n) is 5.19. The standard InChI is InChI=1S/C10H20O2Si/c1-13(2,3)12-10(11)8-9-6-4-5-7-9/h9H,4-8H2,1-3H3. The van der Waals surface area contributed by atoms with Gasteiger partial charge in [0.15, 0.2) is 0 Å². The quantitative estimate of drug-likeness (QED) is 0.655. The predicted molar refractivity (Wildman–Crippen MR) is 56.0 cm³/mol. The summed E-state index contributed by atoms with van der Waals surface area (Å²) in [4.78, 5) is 11.4. The summed E-state index contributed by atoms with van der Waals surface area (Å²) in [5.41, 5.74) is 0. The Hall–Kier alpha value is -0.313. The van der Waals surface area contributed by atoms with Crippen molar-refractivity contribution >= 4 is 14.3 Å². The van der Waals surface area contributed by atoms with Crippen LogP contribution in [0.15, 0.2) is 0 Å². The van der Waals surface area contributed by atoms with Crippen molar-refractivity contribution in [1.82, 2.24) is 0 Å². The van der Waals surface area contributed by atoms with Crippen molar-refractivity contribution in [1.29, 1.82) is 0 Å². The SMILES string of the molecule is C[Si](C)(C)OC(=O)CC1CCCC1. The van der Waals surface area contributed by atoms with Gasteiger partial charge in [0.25, 0.3) is 5.97 Å². The van der Waals surface area contributed by atoms with Gasteiger partial charge in [0.2, 0.25) is 8.32 Å². The van der Waals surface area contributed by atoms with Crippen LogP contribution in [0.25, 0.3) is 0 Å². The molecule has 1 aliphatic carbocycles. The molecule has 0 aromatic carbocycles. The third-order valence-electron chi connectivity index (χ3n) is 2.35. The normalized spacial score (nSPS) is 19.0. The van der Waals surface area contributed by atoms with Crippen molar-refractivity contribution in [2.75, 3.05) is 0 Å². The van der Waals surface area contributed by atoms with Crippen molar-refractivity contribution in [2.45, 2.75) is 51.7 Å². The fourth-order valence-electron chi connectivity index (χ4n) is 1.83. The minimum Gasteiger partial charge on any atom is -0.520 e. The molecule has 1 fully saturated rings. The highest BCUT2D eigenvalue weighted by Gasteiger charge is 2.24. The maximum atomic E-state index is 11.4. The lowest BCUT2D eigenvalue weighted by molar-refractivity contribution is -0.136. The average molecular weight is 200 g/mol. The van der Waals surface area contributed by atoms with Crippen molar-refractivity contribution < 1.29 is 9.22 Å². The highest BCUT2D eigenvalue weighted by Crippen LogP contribution is 2.28. The van der Waals surface area contributed by atoms with E-state index in [9.17, 15) is 4.79 Å². The second-order valence-corrected chi connectivity index (χ2v) is 9.37. The highest BCUT2D eigenvalue weighted by molar-refractivity contribution is 6.71. The van der Waals surface area contributed by atoms with E-state index in [1.165, 1.54) is 25.7 Å². The molecule has 2 nitrogen and oxygen atoms in total. The average Bonchev–Trinajstić information content (AvgIpc) is 2.34. The third-order valence-corrected chi connectivity index (χ3v) is 3.19. The van der Waals surface area contributed by atoms with Gasteiger partial charge in [0.05, 0.1) is 0 Å². The van der Waals surface area contributed by atoms with Crippen LogP contribution in [0.5, 0.6) is 0 Å². The molecule has 3 heteroatoms. The summed E-state index contributed by atoms with van der Waals surface area (Å²) in [6, 6.07) is 0. The molecule has 1 aliphatic rings. The van der Waals surface area contributed by atoms with Crippen LogP contribution < -0.4 is 0 Å². The van der Waals surface area contributed by atoms with Crippen LogP contribution in [-0.2, 0) is 9.22 Å². The van der Waals surface area contributed by atoms with Crippen LogP contribution in [0, 0.1) is 5.92 Å². The van der Waals surface area contributed by atoms with Gasteiger partial charge in [-0.15, -0.1) is 0 Å². The molecule has 0 unspecified atom stereocenters. The summed E-state index contributed by atoms with van der Waals surface area (Å²) in [5, 5.41) is 0. The van der Waals surface area contributed by atoms with Crippen LogP contribution in [0.4, 0.5) is 0 Å². The zero-order chi connectivity index (χ0) is 9.90. The van der Waals surface area contributed by atoms with Gasteiger partial charge in [-0.3, -0.25) is 4.79 Å². The van der Waals surface area contributed by atoms with Crippen LogP contribution in [0.2, 0.25) is 19.6 Å². The molecule has 0 saturated heterocycles. The smallest absolute Gasteiger partial charge is 0.292 e. The van der Waals surface area contributed by atoms with Crippen LogP contribution in [0.3, 0.4) is 0 Å². The van der Waals surface area contributed by atoms with E-state index >= 15 is 0 Å². The molecule has 0 N–H and O–H groups in total. The van der Waals surface area contributed by atoms with Gasteiger partial charge in [-0.05, 0) is 38.4 Å². The number of carbonyl (C=O) groups is 1. The van der Waals surface area contributed by atoms with Crippen molar-refractivity contribution in [2.24, 2.45) is 5.92 Å². The molecule has 0 atom stereocenters. The van der Waals surface area contributed by atoms with Gasteiger partial charge in [-0.1, -0.05) is 12.8 Å². The van der Waals surface area contributed by atoms with Crippen molar-refractivity contribution in [3.05, 3.63) is 0 Å². The zero-order valence-corrected chi connectivity index (χ0v) is 9.93. The molecule has 0 bridgehead atoms. The molecule has 0 aromatic rings. The molecule has 0 radical (unpaired) electrons. The summed E-state index contributed by atoms with van der Waals surface area (Å²) >= 11 is 0. The molecule has 13 heavy (non-hydrogen) atoms. The fraction of sp³-hybridized carbons (Fsp3) is 0.900. The number of rotatable bonds is 3. The Bertz CT molecular complexity index is 178. The first kappa shape index (κ1) is 10.8. The van der Waals surface area contributed by atoms with Gasteiger partial charge in [0.1, 0.15) is 0 Å². The monoisotopic (exact) mass is 200 g/mol. The van der Waals surface area contributed by atoms with E-state index in [1.807, 2.05) is 0 Å². The molecular formula is C10H20O2Si. The Balaban J connectivity index is 2.24. The minimum absolute atomic E-state index is 0.0334. The maximum absolute atomic E-state index is 11.4. The molecule has 0 amide bonds. The van der Waals surface area contributed by atoms with E-state index in [0.29, 0.717) is 12.3 Å². The molecule has 1 rings (SSSR count). The first-order chi connectivity index (χ1) is 5.97. The first-order valence-corrected chi connectivity index (χ1v) is 8.60. The number of carbonyl (C=O) groups excluding carboxylic acids is 1. The fourth-order valence-corrected chi connectivity index (χ4v) is 2.60. The van der Waals surface area contributed by atoms with E-state index in [-0.39, 0.29) is 5.97 Å². The van der Waals surface area contributed by atoms with Crippen LogP contribution in [-0.4, -0.2) is 14.3 Å². The van der Waals surface area contributed by atoms with Crippen LogP contribution >= 0.6 is 0 Å². The highest BCUT2D eigenvalue weighted by atomic mass is 28.4. The third kappa shape index (κ3) is 4.46. The molecule has 0 aromatic heterocycles. The number of hydrogen-bond donors (Lipinski definition) is 0. The molecule has 0 spiro atoms. The minimum atomic E-state index is -1.64. The van der Waals surface area contributed by atoms with Crippen LogP contribution in [0.1, 0.15) is 32.1 Å². The van der Waals surface area contributed by atoms with Crippen molar-refractivity contribution in [3.63, 3.8) is 0 Å². The summed E-state index contributed by atoms with van der Waals surface area (Å²) in [5.74, 6) is 0.648. The van der Waals surface area contributed by atoms with Crippen molar-refractivity contribution in [3.8, 4) is 0 Å². The van der Waals surface area contributed by atoms with E-state index < -0.39 is 8.32 Å². The van der Waals surface area contributed by atoms with Gasteiger partial charge < -0.3 is 4.43 Å². The zero-order valence-electron chi connectivity index (χ0n) is 8.93. The topological polar surface area (TPSA) is 26.3 Å². The van der Waals surface area contributed by atoms with E-state index in [2.05, 4.69) is 19.6 Å². The Morgan fingerprint density at radius 1 is 1.31 bits per heavy atom. The molecule has 76 valence electrons. The molecule has 0 aliphatic heterocycles. The number of hydrogen-bond acceptors (Lipinski definition) is 2. The lowest BCUT2D eigenvalue weighted by Gasteiger charge is -2.18. The summed E-state index contributed by atoms with van der Waals surface area (Å²) in [6.07, 6.45) is 5.70. The van der Waals surface area contributed by atoms with Gasteiger partial charge >= 0.3 is 0 Å². The van der Waals surface area contributed by atoms with Gasteiger partial charge in [-0.2, -0.15) is 0 Å². The molecular weight excluding hydrogens is 180 g/mol. The second kappa shape index (κ2) is 4.27. The Kier molecular flexibility index (Phi) is 3.53. The summed E-state index contributed by atoms with van der Waals surface area (Å²) < 4.78 is 5.40. The Labute approximate surface area is 81.8 Å². The molecule has 0 heterocycles. The van der Waals surface area contributed by atoms with E-state index in [0.717, 1.165) is 0 Å². The predicted octanol–water partition coefficient (Wildman–Crippen LogP) is 2.94.